The summed E-state index contributed by atoms with van der Waals surface area (Å²) in [6.07, 6.45) is 6.25. The Morgan fingerprint density at radius 3 is 2.88 bits per heavy atom. The predicted octanol–water partition coefficient (Wildman–Crippen LogP) is 1.50. The molecule has 1 aromatic rings. The van der Waals surface area contributed by atoms with Crippen LogP contribution in [0.15, 0.2) is 12.4 Å². The smallest absolute Gasteiger partial charge is 0.358 e. The maximum atomic E-state index is 11.1. The topological polar surface area (TPSA) is 61.3 Å². The fourth-order valence-electron chi connectivity index (χ4n) is 1.69. The minimum Gasteiger partial charge on any atom is -0.464 e. The first-order valence-electron chi connectivity index (χ1n) is 5.33. The first kappa shape index (κ1) is 11.0. The molecular formula is C11H14N2O3. The molecule has 1 unspecified atom stereocenters. The lowest BCUT2D eigenvalue weighted by Crippen LogP contribution is -2.14. The predicted molar refractivity (Wildman–Crippen MR) is 55.9 cm³/mol. The van der Waals surface area contributed by atoms with Gasteiger partial charge in [0.25, 0.3) is 0 Å². The van der Waals surface area contributed by atoms with E-state index in [9.17, 15) is 4.79 Å². The van der Waals surface area contributed by atoms with E-state index in [4.69, 9.17) is 4.74 Å². The molecule has 1 aliphatic rings. The van der Waals surface area contributed by atoms with Crippen LogP contribution in [0.3, 0.4) is 0 Å². The van der Waals surface area contributed by atoms with Gasteiger partial charge in [-0.3, -0.25) is 4.98 Å². The number of carbonyl (C=O) groups excluding carboxylic acids is 1. The quantitative estimate of drug-likeness (QED) is 0.710. The zero-order chi connectivity index (χ0) is 11.4. The molecule has 86 valence electrons. The highest BCUT2D eigenvalue weighted by Gasteiger charge is 2.18. The van der Waals surface area contributed by atoms with Crippen molar-refractivity contribution in [3.05, 3.63) is 23.8 Å². The Hall–Kier alpha value is -1.49. The molecular weight excluding hydrogens is 208 g/mol. The molecule has 1 aliphatic heterocycles. The van der Waals surface area contributed by atoms with E-state index < -0.39 is 5.97 Å². The van der Waals surface area contributed by atoms with E-state index in [1.54, 1.807) is 6.20 Å². The van der Waals surface area contributed by atoms with Crippen molar-refractivity contribution in [3.8, 4) is 0 Å². The van der Waals surface area contributed by atoms with Crippen LogP contribution in [-0.4, -0.2) is 29.7 Å². The van der Waals surface area contributed by atoms with Crippen LogP contribution in [0.4, 0.5) is 0 Å². The van der Waals surface area contributed by atoms with Crippen LogP contribution in [0.2, 0.25) is 0 Å². The van der Waals surface area contributed by atoms with Crippen molar-refractivity contribution in [2.45, 2.75) is 25.4 Å². The van der Waals surface area contributed by atoms with Crippen LogP contribution in [0, 0.1) is 0 Å². The molecule has 0 N–H and O–H groups in total. The second-order valence-electron chi connectivity index (χ2n) is 3.67. The summed E-state index contributed by atoms with van der Waals surface area (Å²) in [7, 11) is 1.32. The lowest BCUT2D eigenvalue weighted by atomic mass is 10.1. The molecule has 2 heterocycles. The molecule has 1 atom stereocenters. The van der Waals surface area contributed by atoms with Crippen LogP contribution in [0.5, 0.6) is 0 Å². The fourth-order valence-corrected chi connectivity index (χ4v) is 1.69. The molecule has 1 fully saturated rings. The van der Waals surface area contributed by atoms with Crippen LogP contribution < -0.4 is 0 Å². The van der Waals surface area contributed by atoms with Gasteiger partial charge < -0.3 is 9.47 Å². The van der Waals surface area contributed by atoms with E-state index >= 15 is 0 Å². The average Bonchev–Trinajstić information content (AvgIpc) is 2.39. The monoisotopic (exact) mass is 222 g/mol. The molecule has 5 nitrogen and oxygen atoms in total. The van der Waals surface area contributed by atoms with Crippen LogP contribution in [-0.2, 0) is 9.47 Å². The molecule has 0 spiro atoms. The summed E-state index contributed by atoms with van der Waals surface area (Å²) in [6.45, 7) is 0.769. The summed E-state index contributed by atoms with van der Waals surface area (Å²) in [5.41, 5.74) is 1.01. The number of aromatic nitrogens is 2. The number of methoxy groups -OCH3 is 1. The van der Waals surface area contributed by atoms with Crippen LogP contribution in [0.1, 0.15) is 41.5 Å². The van der Waals surface area contributed by atoms with Crippen molar-refractivity contribution in [3.63, 3.8) is 0 Å². The van der Waals surface area contributed by atoms with Gasteiger partial charge in [0, 0.05) is 6.61 Å². The number of hydrogen-bond acceptors (Lipinski definition) is 5. The Balaban J connectivity index is 2.09. The largest absolute Gasteiger partial charge is 0.464 e. The molecule has 1 saturated heterocycles. The summed E-state index contributed by atoms with van der Waals surface area (Å²) in [5.74, 6) is -0.469. The van der Waals surface area contributed by atoms with Crippen molar-refractivity contribution < 1.29 is 14.3 Å². The van der Waals surface area contributed by atoms with Gasteiger partial charge in [-0.2, -0.15) is 0 Å². The first-order chi connectivity index (χ1) is 7.81. The van der Waals surface area contributed by atoms with E-state index in [0.29, 0.717) is 0 Å². The minimum absolute atomic E-state index is 0.0212. The molecule has 16 heavy (non-hydrogen) atoms. The second kappa shape index (κ2) is 5.03. The molecule has 0 aliphatic carbocycles. The number of esters is 1. The third kappa shape index (κ3) is 2.36. The number of nitrogens with zero attached hydrogens (tertiary/aromatic N) is 2. The third-order valence-corrected chi connectivity index (χ3v) is 2.58. The molecule has 0 bridgehead atoms. The third-order valence-electron chi connectivity index (χ3n) is 2.58. The van der Waals surface area contributed by atoms with Crippen LogP contribution in [0.25, 0.3) is 0 Å². The standard InChI is InChI=1S/C11H14N2O3/c1-15-11(14)9-7-12-8(6-13-9)10-4-2-3-5-16-10/h6-7,10H,2-5H2,1H3. The molecule has 5 heteroatoms. The van der Waals surface area contributed by atoms with Gasteiger partial charge >= 0.3 is 5.97 Å². The number of carbonyl (C=O) groups is 1. The van der Waals surface area contributed by atoms with Crippen molar-refractivity contribution in [2.75, 3.05) is 13.7 Å². The van der Waals surface area contributed by atoms with E-state index in [1.807, 2.05) is 0 Å². The highest BCUT2D eigenvalue weighted by Crippen LogP contribution is 2.25. The maximum Gasteiger partial charge on any atom is 0.358 e. The van der Waals surface area contributed by atoms with E-state index in [2.05, 4.69) is 14.7 Å². The van der Waals surface area contributed by atoms with Gasteiger partial charge in [-0.25, -0.2) is 9.78 Å². The van der Waals surface area contributed by atoms with Gasteiger partial charge in [0.15, 0.2) is 5.69 Å². The summed E-state index contributed by atoms with van der Waals surface area (Å²) in [4.78, 5) is 19.3. The molecule has 0 amide bonds. The fraction of sp³-hybridized carbons (Fsp3) is 0.545. The van der Waals surface area contributed by atoms with E-state index in [-0.39, 0.29) is 11.8 Å². The number of rotatable bonds is 2. The number of ether oxygens (including phenoxy) is 2. The highest BCUT2D eigenvalue weighted by atomic mass is 16.5. The Labute approximate surface area is 93.8 Å². The van der Waals surface area contributed by atoms with Gasteiger partial charge in [0.2, 0.25) is 0 Å². The Bertz CT molecular complexity index is 358. The Morgan fingerprint density at radius 2 is 2.31 bits per heavy atom. The highest BCUT2D eigenvalue weighted by molar-refractivity contribution is 5.86. The lowest BCUT2D eigenvalue weighted by Gasteiger charge is -2.21. The lowest BCUT2D eigenvalue weighted by molar-refractivity contribution is 0.0120. The zero-order valence-corrected chi connectivity index (χ0v) is 9.18. The van der Waals surface area contributed by atoms with Gasteiger partial charge in [0.05, 0.1) is 25.2 Å². The minimum atomic E-state index is -0.469. The van der Waals surface area contributed by atoms with Crippen molar-refractivity contribution >= 4 is 5.97 Å². The van der Waals surface area contributed by atoms with Gasteiger partial charge in [-0.1, -0.05) is 0 Å². The summed E-state index contributed by atoms with van der Waals surface area (Å²) in [5, 5.41) is 0. The van der Waals surface area contributed by atoms with Gasteiger partial charge in [0.1, 0.15) is 6.10 Å². The number of hydrogen-bond donors (Lipinski definition) is 0. The summed E-state index contributed by atoms with van der Waals surface area (Å²) >= 11 is 0. The van der Waals surface area contributed by atoms with Crippen LogP contribution >= 0.6 is 0 Å². The van der Waals surface area contributed by atoms with Crippen molar-refractivity contribution in [2.24, 2.45) is 0 Å². The molecule has 2 rings (SSSR count). The zero-order valence-electron chi connectivity index (χ0n) is 9.18. The first-order valence-corrected chi connectivity index (χ1v) is 5.33. The molecule has 1 aromatic heterocycles. The second-order valence-corrected chi connectivity index (χ2v) is 3.67. The summed E-state index contributed by atoms with van der Waals surface area (Å²) in [6, 6.07) is 0. The molecule has 0 radical (unpaired) electrons. The maximum absolute atomic E-state index is 11.1. The van der Waals surface area contributed by atoms with Gasteiger partial charge in [-0.05, 0) is 19.3 Å². The van der Waals surface area contributed by atoms with Crippen molar-refractivity contribution in [1.82, 2.24) is 9.97 Å². The Morgan fingerprint density at radius 1 is 1.44 bits per heavy atom. The average molecular weight is 222 g/mol. The summed E-state index contributed by atoms with van der Waals surface area (Å²) < 4.78 is 10.1. The molecule has 0 saturated carbocycles. The SMILES string of the molecule is COC(=O)c1cnc(C2CCCCO2)cn1. The Kier molecular flexibility index (Phi) is 3.46. The van der Waals surface area contributed by atoms with E-state index in [1.165, 1.54) is 13.3 Å². The van der Waals surface area contributed by atoms with E-state index in [0.717, 1.165) is 31.6 Å². The molecule has 0 aromatic carbocycles. The van der Waals surface area contributed by atoms with Crippen molar-refractivity contribution in [1.29, 1.82) is 0 Å². The normalized spacial score (nSPS) is 20.4. The van der Waals surface area contributed by atoms with Gasteiger partial charge in [-0.15, -0.1) is 0 Å².